The fourth-order valence-corrected chi connectivity index (χ4v) is 1.93. The van der Waals surface area contributed by atoms with Gasteiger partial charge in [0.2, 0.25) is 0 Å². The molecule has 1 aromatic carbocycles. The minimum absolute atomic E-state index is 0.0916. The van der Waals surface area contributed by atoms with Crippen molar-refractivity contribution < 1.29 is 9.53 Å². The van der Waals surface area contributed by atoms with Crippen molar-refractivity contribution in [2.24, 2.45) is 0 Å². The van der Waals surface area contributed by atoms with E-state index in [0.29, 0.717) is 30.9 Å². The predicted octanol–water partition coefficient (Wildman–Crippen LogP) is 2.31. The molecule has 18 heavy (non-hydrogen) atoms. The van der Waals surface area contributed by atoms with E-state index in [1.54, 1.807) is 36.3 Å². The number of nitrogens with zero attached hydrogens (tertiary/aromatic N) is 1. The number of nitrogens with two attached hydrogens (primary N) is 1. The Balaban J connectivity index is 2.93. The molecule has 0 atom stereocenters. The lowest BCUT2D eigenvalue weighted by molar-refractivity contribution is 0.0717. The minimum Gasteiger partial charge on any atom is -0.399 e. The highest BCUT2D eigenvalue weighted by molar-refractivity contribution is 9.10. The van der Waals surface area contributed by atoms with E-state index in [9.17, 15) is 4.79 Å². The molecular weight excluding hydrogens is 296 g/mol. The first-order valence-corrected chi connectivity index (χ1v) is 6.33. The number of hydrogen-bond acceptors (Lipinski definition) is 3. The number of halogens is 1. The Kier molecular flexibility index (Phi) is 5.88. The molecule has 0 spiro atoms. The van der Waals surface area contributed by atoms with Gasteiger partial charge in [0, 0.05) is 30.4 Å². The van der Waals surface area contributed by atoms with Crippen LogP contribution in [0.3, 0.4) is 0 Å². The summed E-state index contributed by atoms with van der Waals surface area (Å²) < 4.78 is 5.72. The van der Waals surface area contributed by atoms with Crippen LogP contribution in [0.1, 0.15) is 10.4 Å². The average molecular weight is 313 g/mol. The van der Waals surface area contributed by atoms with Crippen LogP contribution in [0.25, 0.3) is 0 Å². The number of methoxy groups -OCH3 is 1. The van der Waals surface area contributed by atoms with Gasteiger partial charge in [-0.1, -0.05) is 6.08 Å². The Labute approximate surface area is 116 Å². The van der Waals surface area contributed by atoms with Crippen LogP contribution in [-0.2, 0) is 4.74 Å². The second-order valence-corrected chi connectivity index (χ2v) is 4.63. The summed E-state index contributed by atoms with van der Waals surface area (Å²) in [6.45, 7) is 5.13. The number of hydrogen-bond donors (Lipinski definition) is 1. The Morgan fingerprint density at radius 3 is 2.94 bits per heavy atom. The van der Waals surface area contributed by atoms with Crippen LogP contribution in [0.5, 0.6) is 0 Å². The zero-order valence-corrected chi connectivity index (χ0v) is 11.9. The van der Waals surface area contributed by atoms with E-state index in [0.717, 1.165) is 4.47 Å². The number of rotatable bonds is 6. The van der Waals surface area contributed by atoms with E-state index in [2.05, 4.69) is 22.5 Å². The maximum absolute atomic E-state index is 12.4. The van der Waals surface area contributed by atoms with E-state index >= 15 is 0 Å². The van der Waals surface area contributed by atoms with E-state index in [1.807, 2.05) is 0 Å². The van der Waals surface area contributed by atoms with Gasteiger partial charge in [-0.3, -0.25) is 4.79 Å². The Bertz CT molecular complexity index is 435. The average Bonchev–Trinajstić information content (AvgIpc) is 2.36. The molecule has 5 heteroatoms. The van der Waals surface area contributed by atoms with Gasteiger partial charge in [0.25, 0.3) is 5.91 Å². The Morgan fingerprint density at radius 1 is 1.61 bits per heavy atom. The fourth-order valence-electron chi connectivity index (χ4n) is 1.51. The monoisotopic (exact) mass is 312 g/mol. The molecule has 0 aromatic heterocycles. The van der Waals surface area contributed by atoms with Gasteiger partial charge in [0.05, 0.1) is 12.2 Å². The van der Waals surface area contributed by atoms with E-state index in [4.69, 9.17) is 10.5 Å². The molecular formula is C13H17BrN2O2. The lowest BCUT2D eigenvalue weighted by atomic mass is 10.1. The number of ether oxygens (including phenoxy) is 1. The van der Waals surface area contributed by atoms with Gasteiger partial charge in [-0.15, -0.1) is 6.58 Å². The minimum atomic E-state index is -0.0916. The number of nitrogen functional groups attached to an aromatic ring is 1. The molecule has 1 rings (SSSR count). The molecule has 98 valence electrons. The highest BCUT2D eigenvalue weighted by atomic mass is 79.9. The summed E-state index contributed by atoms with van der Waals surface area (Å²) >= 11 is 3.36. The van der Waals surface area contributed by atoms with Crippen molar-refractivity contribution in [3.05, 3.63) is 40.9 Å². The van der Waals surface area contributed by atoms with Crippen molar-refractivity contribution >= 4 is 27.5 Å². The molecule has 0 bridgehead atoms. The highest BCUT2D eigenvalue weighted by Gasteiger charge is 2.17. The number of carbonyl (C=O) groups excluding carboxylic acids is 1. The zero-order chi connectivity index (χ0) is 13.5. The van der Waals surface area contributed by atoms with Gasteiger partial charge < -0.3 is 15.4 Å². The van der Waals surface area contributed by atoms with Gasteiger partial charge in [0.1, 0.15) is 0 Å². The van der Waals surface area contributed by atoms with Crippen LogP contribution in [0.15, 0.2) is 35.3 Å². The summed E-state index contributed by atoms with van der Waals surface area (Å²) in [5.74, 6) is -0.0916. The normalized spacial score (nSPS) is 10.1. The van der Waals surface area contributed by atoms with Gasteiger partial charge in [0.15, 0.2) is 0 Å². The van der Waals surface area contributed by atoms with Crippen LogP contribution in [0.4, 0.5) is 5.69 Å². The molecule has 0 aliphatic heterocycles. The predicted molar refractivity (Wildman–Crippen MR) is 76.5 cm³/mol. The summed E-state index contributed by atoms with van der Waals surface area (Å²) in [4.78, 5) is 14.0. The molecule has 0 fully saturated rings. The van der Waals surface area contributed by atoms with Crippen molar-refractivity contribution in [2.45, 2.75) is 0 Å². The molecule has 1 amide bonds. The quantitative estimate of drug-likeness (QED) is 0.648. The summed E-state index contributed by atoms with van der Waals surface area (Å²) in [6.07, 6.45) is 1.69. The molecule has 0 saturated carbocycles. The topological polar surface area (TPSA) is 55.6 Å². The summed E-state index contributed by atoms with van der Waals surface area (Å²) in [7, 11) is 1.60. The maximum Gasteiger partial charge on any atom is 0.255 e. The standard InChI is InChI=1S/C13H17BrN2O2/c1-3-6-16(7-8-18-2)13(17)11-9-10(15)4-5-12(11)14/h3-5,9H,1,6-8,15H2,2H3. The molecule has 0 radical (unpaired) electrons. The third kappa shape index (κ3) is 3.85. The lowest BCUT2D eigenvalue weighted by Crippen LogP contribution is -2.34. The first-order chi connectivity index (χ1) is 8.60. The molecule has 0 unspecified atom stereocenters. The Morgan fingerprint density at radius 2 is 2.33 bits per heavy atom. The molecule has 4 nitrogen and oxygen atoms in total. The van der Waals surface area contributed by atoms with Gasteiger partial charge in [-0.05, 0) is 34.1 Å². The van der Waals surface area contributed by atoms with Crippen LogP contribution in [0.2, 0.25) is 0 Å². The van der Waals surface area contributed by atoms with Crippen molar-refractivity contribution in [1.82, 2.24) is 4.90 Å². The van der Waals surface area contributed by atoms with Crippen molar-refractivity contribution in [3.8, 4) is 0 Å². The molecule has 2 N–H and O–H groups in total. The SMILES string of the molecule is C=CCN(CCOC)C(=O)c1cc(N)ccc1Br. The van der Waals surface area contributed by atoms with Crippen LogP contribution >= 0.6 is 15.9 Å². The number of anilines is 1. The second kappa shape index (κ2) is 7.18. The van der Waals surface area contributed by atoms with Crippen molar-refractivity contribution in [3.63, 3.8) is 0 Å². The van der Waals surface area contributed by atoms with Gasteiger partial charge in [-0.25, -0.2) is 0 Å². The third-order valence-corrected chi connectivity index (χ3v) is 3.11. The molecule has 0 heterocycles. The van der Waals surface area contributed by atoms with Crippen LogP contribution in [0, 0.1) is 0 Å². The Hall–Kier alpha value is -1.33. The lowest BCUT2D eigenvalue weighted by Gasteiger charge is -2.21. The number of carbonyl (C=O) groups is 1. The first kappa shape index (κ1) is 14.7. The molecule has 0 aliphatic carbocycles. The molecule has 1 aromatic rings. The molecule has 0 aliphatic rings. The molecule has 0 saturated heterocycles. The van der Waals surface area contributed by atoms with Crippen LogP contribution in [-0.4, -0.2) is 37.6 Å². The summed E-state index contributed by atoms with van der Waals surface area (Å²) in [5.41, 5.74) is 6.81. The third-order valence-electron chi connectivity index (χ3n) is 2.42. The van der Waals surface area contributed by atoms with E-state index < -0.39 is 0 Å². The summed E-state index contributed by atoms with van der Waals surface area (Å²) in [6, 6.07) is 5.17. The maximum atomic E-state index is 12.4. The van der Waals surface area contributed by atoms with E-state index in [1.165, 1.54) is 0 Å². The van der Waals surface area contributed by atoms with Crippen molar-refractivity contribution in [2.75, 3.05) is 32.5 Å². The summed E-state index contributed by atoms with van der Waals surface area (Å²) in [5, 5.41) is 0. The first-order valence-electron chi connectivity index (χ1n) is 5.54. The second-order valence-electron chi connectivity index (χ2n) is 3.77. The largest absolute Gasteiger partial charge is 0.399 e. The number of amides is 1. The van der Waals surface area contributed by atoms with Crippen molar-refractivity contribution in [1.29, 1.82) is 0 Å². The van der Waals surface area contributed by atoms with Crippen LogP contribution < -0.4 is 5.73 Å². The smallest absolute Gasteiger partial charge is 0.255 e. The fraction of sp³-hybridized carbons (Fsp3) is 0.308. The van der Waals surface area contributed by atoms with Gasteiger partial charge >= 0.3 is 0 Å². The van der Waals surface area contributed by atoms with E-state index in [-0.39, 0.29) is 5.91 Å². The number of benzene rings is 1. The van der Waals surface area contributed by atoms with Gasteiger partial charge in [-0.2, -0.15) is 0 Å². The highest BCUT2D eigenvalue weighted by Crippen LogP contribution is 2.21. The zero-order valence-electron chi connectivity index (χ0n) is 10.4.